The third-order valence-corrected chi connectivity index (χ3v) is 4.11. The highest BCUT2D eigenvalue weighted by Gasteiger charge is 2.24. The summed E-state index contributed by atoms with van der Waals surface area (Å²) < 4.78 is 1.77. The fraction of sp³-hybridized carbons (Fsp3) is 0.667. The van der Waals surface area contributed by atoms with Crippen LogP contribution in [0.4, 0.5) is 0 Å². The lowest BCUT2D eigenvalue weighted by Gasteiger charge is -2.21. The molecule has 1 aromatic heterocycles. The van der Waals surface area contributed by atoms with E-state index in [9.17, 15) is 9.59 Å². The molecular formula is C15H22N2O3. The van der Waals surface area contributed by atoms with Gasteiger partial charge in [0.2, 0.25) is 0 Å². The summed E-state index contributed by atoms with van der Waals surface area (Å²) in [6.45, 7) is 3.89. The van der Waals surface area contributed by atoms with Crippen LogP contribution in [0, 0.1) is 0 Å². The number of aliphatic carboxylic acids is 1. The SMILES string of the molecule is CCc1nc(=O)n(C2CCCC2)c(CC)c1CC(=O)O. The van der Waals surface area contributed by atoms with Crippen molar-refractivity contribution in [3.05, 3.63) is 27.4 Å². The summed E-state index contributed by atoms with van der Waals surface area (Å²) in [6, 6.07) is 0.198. The molecule has 0 aliphatic heterocycles. The van der Waals surface area contributed by atoms with Crippen molar-refractivity contribution in [2.75, 3.05) is 0 Å². The van der Waals surface area contributed by atoms with Crippen LogP contribution in [-0.2, 0) is 24.1 Å². The van der Waals surface area contributed by atoms with Crippen LogP contribution < -0.4 is 5.69 Å². The third-order valence-electron chi connectivity index (χ3n) is 4.11. The molecule has 0 aromatic carbocycles. The zero-order valence-corrected chi connectivity index (χ0v) is 12.2. The Morgan fingerprint density at radius 3 is 2.45 bits per heavy atom. The molecule has 0 bridgehead atoms. The number of aromatic nitrogens is 2. The van der Waals surface area contributed by atoms with Crippen molar-refractivity contribution in [1.82, 2.24) is 9.55 Å². The van der Waals surface area contributed by atoms with Crippen LogP contribution >= 0.6 is 0 Å². The lowest BCUT2D eigenvalue weighted by Crippen LogP contribution is -2.32. The van der Waals surface area contributed by atoms with Gasteiger partial charge in [-0.15, -0.1) is 0 Å². The van der Waals surface area contributed by atoms with Gasteiger partial charge < -0.3 is 5.11 Å². The van der Waals surface area contributed by atoms with Crippen LogP contribution in [-0.4, -0.2) is 20.6 Å². The Bertz CT molecular complexity index is 557. The molecule has 1 N–H and O–H groups in total. The molecule has 5 heteroatoms. The van der Waals surface area contributed by atoms with Gasteiger partial charge in [-0.05, 0) is 25.7 Å². The first-order valence-corrected chi connectivity index (χ1v) is 7.43. The molecule has 1 aliphatic carbocycles. The lowest BCUT2D eigenvalue weighted by molar-refractivity contribution is -0.136. The normalized spacial score (nSPS) is 15.7. The topological polar surface area (TPSA) is 72.2 Å². The van der Waals surface area contributed by atoms with Crippen molar-refractivity contribution in [2.24, 2.45) is 0 Å². The van der Waals surface area contributed by atoms with Gasteiger partial charge in [-0.3, -0.25) is 9.36 Å². The van der Waals surface area contributed by atoms with Gasteiger partial charge in [-0.1, -0.05) is 26.7 Å². The summed E-state index contributed by atoms with van der Waals surface area (Å²) in [6.07, 6.45) is 5.46. The second-order valence-corrected chi connectivity index (χ2v) is 5.35. The lowest BCUT2D eigenvalue weighted by atomic mass is 10.0. The Balaban J connectivity index is 2.60. The molecule has 1 aliphatic rings. The molecule has 0 unspecified atom stereocenters. The second-order valence-electron chi connectivity index (χ2n) is 5.35. The van der Waals surface area contributed by atoms with Crippen molar-refractivity contribution in [3.8, 4) is 0 Å². The van der Waals surface area contributed by atoms with E-state index in [1.165, 1.54) is 0 Å². The smallest absolute Gasteiger partial charge is 0.348 e. The maximum atomic E-state index is 12.3. The molecule has 0 saturated heterocycles. The van der Waals surface area contributed by atoms with Crippen molar-refractivity contribution < 1.29 is 9.90 Å². The zero-order valence-electron chi connectivity index (χ0n) is 12.2. The summed E-state index contributed by atoms with van der Waals surface area (Å²) >= 11 is 0. The van der Waals surface area contributed by atoms with E-state index >= 15 is 0 Å². The first-order chi connectivity index (χ1) is 9.58. The van der Waals surface area contributed by atoms with Gasteiger partial charge in [-0.25, -0.2) is 4.79 Å². The number of carboxylic acids is 1. The highest BCUT2D eigenvalue weighted by Crippen LogP contribution is 2.30. The largest absolute Gasteiger partial charge is 0.481 e. The molecule has 20 heavy (non-hydrogen) atoms. The molecule has 0 atom stereocenters. The standard InChI is InChI=1S/C15H22N2O3/c1-3-12-11(9-14(18)19)13(4-2)17(15(20)16-12)10-7-5-6-8-10/h10H,3-9H2,1-2H3,(H,18,19). The molecule has 1 fully saturated rings. The van der Waals surface area contributed by atoms with Crippen LogP contribution in [0.25, 0.3) is 0 Å². The van der Waals surface area contributed by atoms with Gasteiger partial charge in [0.1, 0.15) is 0 Å². The first-order valence-electron chi connectivity index (χ1n) is 7.43. The third kappa shape index (κ3) is 2.76. The van der Waals surface area contributed by atoms with Gasteiger partial charge in [0, 0.05) is 17.3 Å². The Morgan fingerprint density at radius 1 is 1.30 bits per heavy atom. The minimum Gasteiger partial charge on any atom is -0.481 e. The molecule has 110 valence electrons. The van der Waals surface area contributed by atoms with Crippen molar-refractivity contribution in [2.45, 2.75) is 64.8 Å². The number of hydrogen-bond acceptors (Lipinski definition) is 3. The quantitative estimate of drug-likeness (QED) is 0.895. The highest BCUT2D eigenvalue weighted by atomic mass is 16.4. The summed E-state index contributed by atoms with van der Waals surface area (Å²) in [7, 11) is 0. The summed E-state index contributed by atoms with van der Waals surface area (Å²) in [5.41, 5.74) is 2.05. The van der Waals surface area contributed by atoms with E-state index in [2.05, 4.69) is 4.98 Å². The molecule has 0 amide bonds. The average molecular weight is 278 g/mol. The van der Waals surface area contributed by atoms with E-state index in [0.29, 0.717) is 18.5 Å². The highest BCUT2D eigenvalue weighted by molar-refractivity contribution is 5.71. The molecular weight excluding hydrogens is 256 g/mol. The Hall–Kier alpha value is -1.65. The van der Waals surface area contributed by atoms with Gasteiger partial charge in [-0.2, -0.15) is 4.98 Å². The van der Waals surface area contributed by atoms with Crippen LogP contribution in [0.3, 0.4) is 0 Å². The van der Waals surface area contributed by atoms with Gasteiger partial charge in [0.25, 0.3) is 0 Å². The number of nitrogens with zero attached hydrogens (tertiary/aromatic N) is 2. The fourth-order valence-corrected chi connectivity index (χ4v) is 3.23. The minimum atomic E-state index is -0.868. The average Bonchev–Trinajstić information content (AvgIpc) is 2.92. The summed E-state index contributed by atoms with van der Waals surface area (Å²) in [5, 5.41) is 9.12. The van der Waals surface area contributed by atoms with Crippen LogP contribution in [0.15, 0.2) is 4.79 Å². The zero-order chi connectivity index (χ0) is 14.7. The number of carboxylic acid groups (broad SMARTS) is 1. The molecule has 1 heterocycles. The number of aryl methyl sites for hydroxylation is 1. The number of hydrogen-bond donors (Lipinski definition) is 1. The van der Waals surface area contributed by atoms with E-state index < -0.39 is 5.97 Å². The van der Waals surface area contributed by atoms with E-state index in [4.69, 9.17) is 5.11 Å². The Labute approximate surface area is 118 Å². The van der Waals surface area contributed by atoms with Crippen molar-refractivity contribution in [1.29, 1.82) is 0 Å². The monoisotopic (exact) mass is 278 g/mol. The molecule has 0 spiro atoms. The minimum absolute atomic E-state index is 0.0493. The molecule has 5 nitrogen and oxygen atoms in total. The predicted molar refractivity (Wildman–Crippen MR) is 76.1 cm³/mol. The molecule has 1 aromatic rings. The summed E-state index contributed by atoms with van der Waals surface area (Å²) in [5.74, 6) is -0.868. The summed E-state index contributed by atoms with van der Waals surface area (Å²) in [4.78, 5) is 27.6. The van der Waals surface area contributed by atoms with Crippen LogP contribution in [0.5, 0.6) is 0 Å². The van der Waals surface area contributed by atoms with E-state index in [-0.39, 0.29) is 18.2 Å². The molecule has 1 saturated carbocycles. The second kappa shape index (κ2) is 6.20. The molecule has 2 rings (SSSR count). The fourth-order valence-electron chi connectivity index (χ4n) is 3.23. The van der Waals surface area contributed by atoms with Gasteiger partial charge in [0.15, 0.2) is 0 Å². The maximum absolute atomic E-state index is 12.3. The van der Waals surface area contributed by atoms with Gasteiger partial charge >= 0.3 is 11.7 Å². The van der Waals surface area contributed by atoms with Crippen molar-refractivity contribution >= 4 is 5.97 Å². The van der Waals surface area contributed by atoms with Crippen LogP contribution in [0.1, 0.15) is 62.5 Å². The number of carbonyl (C=O) groups is 1. The maximum Gasteiger partial charge on any atom is 0.348 e. The number of rotatable bonds is 5. The van der Waals surface area contributed by atoms with E-state index in [1.807, 2.05) is 13.8 Å². The van der Waals surface area contributed by atoms with Gasteiger partial charge in [0.05, 0.1) is 12.1 Å². The van der Waals surface area contributed by atoms with Crippen LogP contribution in [0.2, 0.25) is 0 Å². The first kappa shape index (κ1) is 14.8. The van der Waals surface area contributed by atoms with E-state index in [0.717, 1.165) is 36.9 Å². The Kier molecular flexibility index (Phi) is 4.57. The van der Waals surface area contributed by atoms with E-state index in [1.54, 1.807) is 4.57 Å². The van der Waals surface area contributed by atoms with Crippen molar-refractivity contribution in [3.63, 3.8) is 0 Å². The predicted octanol–water partition coefficient (Wildman–Crippen LogP) is 2.11. The molecule has 0 radical (unpaired) electrons. The Morgan fingerprint density at radius 2 is 1.95 bits per heavy atom.